The lowest BCUT2D eigenvalue weighted by Crippen LogP contribution is -2.40. The van der Waals surface area contributed by atoms with Gasteiger partial charge in [0.05, 0.1) is 5.02 Å². The van der Waals surface area contributed by atoms with Crippen LogP contribution in [0.4, 0.5) is 0 Å². The Morgan fingerprint density at radius 2 is 1.95 bits per heavy atom. The van der Waals surface area contributed by atoms with Gasteiger partial charge in [-0.15, -0.1) is 0 Å². The van der Waals surface area contributed by atoms with Gasteiger partial charge in [-0.3, -0.25) is 4.79 Å². The molecule has 1 aromatic carbocycles. The average Bonchev–Trinajstić information content (AvgIpc) is 2.36. The highest BCUT2D eigenvalue weighted by Gasteiger charge is 2.25. The Kier molecular flexibility index (Phi) is 6.37. The van der Waals surface area contributed by atoms with Gasteiger partial charge < -0.3 is 10.4 Å². The highest BCUT2D eigenvalue weighted by atomic mass is 35.5. The molecule has 0 spiro atoms. The Bertz CT molecular complexity index is 639. The first-order valence-corrected chi connectivity index (χ1v) is 8.65. The molecule has 0 heterocycles. The van der Waals surface area contributed by atoms with Crippen LogP contribution < -0.4 is 10.0 Å². The van der Waals surface area contributed by atoms with Crippen LogP contribution in [0.3, 0.4) is 0 Å². The van der Waals surface area contributed by atoms with Crippen molar-refractivity contribution in [1.29, 1.82) is 0 Å². The smallest absolute Gasteiger partial charge is 0.251 e. The molecule has 0 fully saturated rings. The third kappa shape index (κ3) is 5.57. The maximum absolute atomic E-state index is 12.3. The molecule has 6 nitrogen and oxygen atoms in total. The zero-order chi connectivity index (χ0) is 17.0. The van der Waals surface area contributed by atoms with E-state index < -0.39 is 21.5 Å². The van der Waals surface area contributed by atoms with E-state index >= 15 is 0 Å². The van der Waals surface area contributed by atoms with E-state index in [0.717, 1.165) is 0 Å². The first kappa shape index (κ1) is 18.9. The quantitative estimate of drug-likeness (QED) is 0.679. The Labute approximate surface area is 135 Å². The van der Waals surface area contributed by atoms with Gasteiger partial charge in [0.2, 0.25) is 10.0 Å². The first-order valence-electron chi connectivity index (χ1n) is 6.79. The molecule has 0 atom stereocenters. The van der Waals surface area contributed by atoms with Crippen molar-refractivity contribution in [3.63, 3.8) is 0 Å². The van der Waals surface area contributed by atoms with E-state index in [1.165, 1.54) is 18.2 Å². The minimum absolute atomic E-state index is 0.0317. The molecule has 1 amide bonds. The molecule has 8 heteroatoms. The number of aliphatic hydroxyl groups is 1. The molecule has 0 radical (unpaired) electrons. The lowest BCUT2D eigenvalue weighted by atomic mass is 10.1. The number of benzene rings is 1. The van der Waals surface area contributed by atoms with Crippen LogP contribution in [0.25, 0.3) is 0 Å². The van der Waals surface area contributed by atoms with E-state index in [0.29, 0.717) is 13.0 Å². The van der Waals surface area contributed by atoms with Crippen LogP contribution in [0.1, 0.15) is 37.6 Å². The molecular weight excluding hydrogens is 328 g/mol. The zero-order valence-electron chi connectivity index (χ0n) is 12.8. The lowest BCUT2D eigenvalue weighted by Gasteiger charge is -2.21. The van der Waals surface area contributed by atoms with E-state index in [2.05, 4.69) is 10.0 Å². The van der Waals surface area contributed by atoms with Gasteiger partial charge in [0.1, 0.15) is 4.90 Å². The van der Waals surface area contributed by atoms with Gasteiger partial charge in [0.25, 0.3) is 5.91 Å². The van der Waals surface area contributed by atoms with Crippen LogP contribution in [0.5, 0.6) is 0 Å². The number of amides is 1. The van der Waals surface area contributed by atoms with Crippen molar-refractivity contribution >= 4 is 27.5 Å². The van der Waals surface area contributed by atoms with Crippen molar-refractivity contribution in [2.45, 2.75) is 37.6 Å². The molecule has 0 saturated carbocycles. The summed E-state index contributed by atoms with van der Waals surface area (Å²) in [6, 6.07) is 4.07. The van der Waals surface area contributed by atoms with E-state index in [1.807, 2.05) is 0 Å². The second kappa shape index (κ2) is 7.41. The third-order valence-electron chi connectivity index (χ3n) is 2.54. The maximum Gasteiger partial charge on any atom is 0.251 e. The number of hydrogen-bond acceptors (Lipinski definition) is 4. The van der Waals surface area contributed by atoms with Gasteiger partial charge in [0, 0.05) is 24.3 Å². The van der Waals surface area contributed by atoms with Crippen LogP contribution in [0.2, 0.25) is 5.02 Å². The third-order valence-corrected chi connectivity index (χ3v) is 4.78. The minimum atomic E-state index is -3.83. The Morgan fingerprint density at radius 1 is 1.32 bits per heavy atom. The van der Waals surface area contributed by atoms with E-state index in [9.17, 15) is 13.2 Å². The summed E-state index contributed by atoms with van der Waals surface area (Å²) in [4.78, 5) is 11.8. The standard InChI is InChI=1S/C14H21ClN2O4S/c1-14(2,3)17-22(20,21)12-9-10(5-6-11(12)15)13(19)16-7-4-8-18/h5-6,9,17-18H,4,7-8H2,1-3H3,(H,16,19). The molecular formula is C14H21ClN2O4S. The largest absolute Gasteiger partial charge is 0.396 e. The number of hydrogen-bond donors (Lipinski definition) is 3. The van der Waals surface area contributed by atoms with Gasteiger partial charge in [0.15, 0.2) is 0 Å². The molecule has 0 unspecified atom stereocenters. The SMILES string of the molecule is CC(C)(C)NS(=O)(=O)c1cc(C(=O)NCCCO)ccc1Cl. The number of halogens is 1. The molecule has 0 aliphatic rings. The molecule has 0 aliphatic carbocycles. The predicted molar refractivity (Wildman–Crippen MR) is 85.6 cm³/mol. The molecule has 124 valence electrons. The molecule has 0 bridgehead atoms. The molecule has 22 heavy (non-hydrogen) atoms. The van der Waals surface area contributed by atoms with Crippen LogP contribution in [0, 0.1) is 0 Å². The van der Waals surface area contributed by atoms with Crippen molar-refractivity contribution in [3.8, 4) is 0 Å². The number of aliphatic hydroxyl groups excluding tert-OH is 1. The summed E-state index contributed by atoms with van der Waals surface area (Å²) >= 11 is 5.96. The summed E-state index contributed by atoms with van der Waals surface area (Å²) in [5.74, 6) is -0.419. The van der Waals surface area contributed by atoms with Crippen molar-refractivity contribution < 1.29 is 18.3 Å². The lowest BCUT2D eigenvalue weighted by molar-refractivity contribution is 0.0951. The molecule has 0 aromatic heterocycles. The fraction of sp³-hybridized carbons (Fsp3) is 0.500. The normalized spacial score (nSPS) is 12.2. The number of sulfonamides is 1. The number of rotatable bonds is 6. The molecule has 1 rings (SSSR count). The minimum Gasteiger partial charge on any atom is -0.396 e. The number of carbonyl (C=O) groups excluding carboxylic acids is 1. The van der Waals surface area contributed by atoms with Crippen molar-refractivity contribution in [1.82, 2.24) is 10.0 Å². The van der Waals surface area contributed by atoms with Gasteiger partial charge in [-0.1, -0.05) is 11.6 Å². The molecule has 3 N–H and O–H groups in total. The van der Waals surface area contributed by atoms with Crippen LogP contribution in [0.15, 0.2) is 23.1 Å². The maximum atomic E-state index is 12.3. The number of nitrogens with one attached hydrogen (secondary N) is 2. The summed E-state index contributed by atoms with van der Waals surface area (Å²) in [5.41, 5.74) is -0.474. The monoisotopic (exact) mass is 348 g/mol. The Balaban J connectivity index is 3.07. The summed E-state index contributed by atoms with van der Waals surface area (Å²) in [6.07, 6.45) is 0.427. The van der Waals surface area contributed by atoms with Gasteiger partial charge in [-0.05, 0) is 45.4 Å². The van der Waals surface area contributed by atoms with Crippen LogP contribution in [-0.4, -0.2) is 38.1 Å². The average molecular weight is 349 g/mol. The van der Waals surface area contributed by atoms with Gasteiger partial charge in [-0.25, -0.2) is 13.1 Å². The zero-order valence-corrected chi connectivity index (χ0v) is 14.4. The highest BCUT2D eigenvalue weighted by Crippen LogP contribution is 2.24. The molecule has 1 aromatic rings. The van der Waals surface area contributed by atoms with Crippen molar-refractivity contribution in [3.05, 3.63) is 28.8 Å². The summed E-state index contributed by atoms with van der Waals surface area (Å²) in [7, 11) is -3.83. The fourth-order valence-electron chi connectivity index (χ4n) is 1.69. The first-order chi connectivity index (χ1) is 10.1. The van der Waals surface area contributed by atoms with E-state index in [1.54, 1.807) is 20.8 Å². The topological polar surface area (TPSA) is 95.5 Å². The van der Waals surface area contributed by atoms with Gasteiger partial charge in [-0.2, -0.15) is 0 Å². The van der Waals surface area contributed by atoms with Gasteiger partial charge >= 0.3 is 0 Å². The summed E-state index contributed by atoms with van der Waals surface area (Å²) in [6.45, 7) is 5.41. The summed E-state index contributed by atoms with van der Waals surface area (Å²) in [5, 5.41) is 11.3. The highest BCUT2D eigenvalue weighted by molar-refractivity contribution is 7.89. The summed E-state index contributed by atoms with van der Waals surface area (Å²) < 4.78 is 27.2. The van der Waals surface area contributed by atoms with Crippen molar-refractivity contribution in [2.24, 2.45) is 0 Å². The second-order valence-corrected chi connectivity index (χ2v) is 7.89. The van der Waals surface area contributed by atoms with E-state index in [-0.39, 0.29) is 22.1 Å². The Hall–Kier alpha value is -1.15. The number of carbonyl (C=O) groups is 1. The molecule has 0 aliphatic heterocycles. The fourth-order valence-corrected chi connectivity index (χ4v) is 3.64. The molecule has 0 saturated heterocycles. The van der Waals surface area contributed by atoms with E-state index in [4.69, 9.17) is 16.7 Å². The second-order valence-electron chi connectivity index (χ2n) is 5.83. The van der Waals surface area contributed by atoms with Crippen molar-refractivity contribution in [2.75, 3.05) is 13.2 Å². The predicted octanol–water partition coefficient (Wildman–Crippen LogP) is 1.53. The Morgan fingerprint density at radius 3 is 2.50 bits per heavy atom. The van der Waals surface area contributed by atoms with Crippen LogP contribution >= 0.6 is 11.6 Å². The van der Waals surface area contributed by atoms with Crippen LogP contribution in [-0.2, 0) is 10.0 Å².